The minimum atomic E-state index is -2.58. The van der Waals surface area contributed by atoms with Gasteiger partial charge in [0.2, 0.25) is 0 Å². The van der Waals surface area contributed by atoms with Crippen LogP contribution >= 0.6 is 0 Å². The number of pyridine rings is 1. The Balaban J connectivity index is 2.01. The van der Waals surface area contributed by atoms with Crippen molar-refractivity contribution in [2.24, 2.45) is 0 Å². The molecule has 19 heavy (non-hydrogen) atoms. The molecule has 3 rings (SSSR count). The molecule has 3 nitrogen and oxygen atoms in total. The van der Waals surface area contributed by atoms with Crippen LogP contribution in [0.2, 0.25) is 0 Å². The second-order valence-corrected chi connectivity index (χ2v) is 4.66. The number of piperidine rings is 1. The van der Waals surface area contributed by atoms with Crippen molar-refractivity contribution in [3.63, 3.8) is 0 Å². The summed E-state index contributed by atoms with van der Waals surface area (Å²) in [6.45, 7) is 0.508. The van der Waals surface area contributed by atoms with E-state index in [1.54, 1.807) is 18.4 Å². The molecule has 0 aromatic carbocycles. The fourth-order valence-electron chi connectivity index (χ4n) is 2.29. The lowest BCUT2D eigenvalue weighted by molar-refractivity contribution is -0.0221. The van der Waals surface area contributed by atoms with E-state index in [1.807, 2.05) is 4.90 Å². The van der Waals surface area contributed by atoms with Crippen molar-refractivity contribution < 1.29 is 13.2 Å². The lowest BCUT2D eigenvalue weighted by Crippen LogP contribution is -2.39. The summed E-state index contributed by atoms with van der Waals surface area (Å²) in [6, 6.07) is 3.54. The summed E-state index contributed by atoms with van der Waals surface area (Å²) in [5.41, 5.74) is 1.09. The number of halogens is 2. The maximum absolute atomic E-state index is 13.2. The number of hydrogen-bond acceptors (Lipinski definition) is 3. The Morgan fingerprint density at radius 2 is 2.11 bits per heavy atom. The van der Waals surface area contributed by atoms with E-state index in [0.717, 1.165) is 5.39 Å². The molecule has 0 atom stereocenters. The predicted octanol–water partition coefficient (Wildman–Crippen LogP) is 3.04. The van der Waals surface area contributed by atoms with Gasteiger partial charge in [-0.1, -0.05) is 5.92 Å². The van der Waals surface area contributed by atoms with E-state index in [2.05, 4.69) is 10.9 Å². The molecule has 0 amide bonds. The zero-order valence-corrected chi connectivity index (χ0v) is 10.2. The maximum atomic E-state index is 13.2. The van der Waals surface area contributed by atoms with Gasteiger partial charge in [-0.25, -0.2) is 13.8 Å². The summed E-state index contributed by atoms with van der Waals surface area (Å²) in [6.07, 6.45) is 6.58. The van der Waals surface area contributed by atoms with E-state index in [-0.39, 0.29) is 25.9 Å². The minimum absolute atomic E-state index is 0.169. The molecular weight excluding hydrogens is 250 g/mol. The Morgan fingerprint density at radius 3 is 2.79 bits per heavy atom. The summed E-state index contributed by atoms with van der Waals surface area (Å²) in [5.74, 6) is 0.457. The topological polar surface area (TPSA) is 29.3 Å². The molecule has 0 bridgehead atoms. The molecule has 1 fully saturated rings. The SMILES string of the molecule is C#Cc1cc2ccoc2c(N2CCC(F)(F)CC2)n1. The molecule has 1 saturated heterocycles. The normalized spacial score (nSPS) is 18.5. The number of nitrogens with zero attached hydrogens (tertiary/aromatic N) is 2. The second-order valence-electron chi connectivity index (χ2n) is 4.66. The van der Waals surface area contributed by atoms with Gasteiger partial charge in [0.05, 0.1) is 6.26 Å². The highest BCUT2D eigenvalue weighted by atomic mass is 19.3. The van der Waals surface area contributed by atoms with Crippen LogP contribution in [0.25, 0.3) is 11.0 Å². The molecule has 1 aliphatic rings. The number of furan rings is 1. The van der Waals surface area contributed by atoms with Crippen molar-refractivity contribution >= 4 is 16.8 Å². The molecule has 0 spiro atoms. The number of terminal acetylenes is 1. The largest absolute Gasteiger partial charge is 0.460 e. The monoisotopic (exact) mass is 262 g/mol. The first kappa shape index (κ1) is 12.0. The first-order valence-electron chi connectivity index (χ1n) is 6.07. The van der Waals surface area contributed by atoms with Crippen molar-refractivity contribution in [2.45, 2.75) is 18.8 Å². The fourth-order valence-corrected chi connectivity index (χ4v) is 2.29. The molecule has 3 heterocycles. The second kappa shape index (κ2) is 4.23. The smallest absolute Gasteiger partial charge is 0.251 e. The Bertz CT molecular complexity index is 647. The van der Waals surface area contributed by atoms with Crippen LogP contribution in [0.1, 0.15) is 18.5 Å². The van der Waals surface area contributed by atoms with Gasteiger partial charge >= 0.3 is 0 Å². The van der Waals surface area contributed by atoms with E-state index in [9.17, 15) is 8.78 Å². The van der Waals surface area contributed by atoms with Crippen LogP contribution < -0.4 is 4.90 Å². The quantitative estimate of drug-likeness (QED) is 0.740. The average Bonchev–Trinajstić information content (AvgIpc) is 2.86. The van der Waals surface area contributed by atoms with Gasteiger partial charge in [0.1, 0.15) is 5.69 Å². The van der Waals surface area contributed by atoms with Crippen LogP contribution in [0, 0.1) is 12.3 Å². The van der Waals surface area contributed by atoms with Gasteiger partial charge in [-0.05, 0) is 12.1 Å². The Labute approximate surface area is 109 Å². The molecule has 0 N–H and O–H groups in total. The molecule has 0 saturated carbocycles. The van der Waals surface area contributed by atoms with Crippen molar-refractivity contribution in [3.05, 3.63) is 24.1 Å². The van der Waals surface area contributed by atoms with Gasteiger partial charge in [-0.2, -0.15) is 0 Å². The molecule has 2 aromatic rings. The molecular formula is C14H12F2N2O. The number of aromatic nitrogens is 1. The number of fused-ring (bicyclic) bond motifs is 1. The zero-order chi connectivity index (χ0) is 13.5. The molecule has 5 heteroatoms. The van der Waals surface area contributed by atoms with Crippen molar-refractivity contribution in [1.82, 2.24) is 4.98 Å². The van der Waals surface area contributed by atoms with Crippen LogP contribution in [0.15, 0.2) is 22.8 Å². The molecule has 98 valence electrons. The first-order valence-corrected chi connectivity index (χ1v) is 6.07. The van der Waals surface area contributed by atoms with Gasteiger partial charge in [0.15, 0.2) is 11.4 Å². The van der Waals surface area contributed by atoms with Crippen molar-refractivity contribution in [2.75, 3.05) is 18.0 Å². The van der Waals surface area contributed by atoms with Gasteiger partial charge in [0, 0.05) is 31.3 Å². The molecule has 0 unspecified atom stereocenters. The van der Waals surface area contributed by atoms with E-state index < -0.39 is 5.92 Å². The van der Waals surface area contributed by atoms with Gasteiger partial charge < -0.3 is 9.32 Å². The molecule has 0 aliphatic carbocycles. The third kappa shape index (κ3) is 2.14. The van der Waals surface area contributed by atoms with Crippen LogP contribution in [0.4, 0.5) is 14.6 Å². The predicted molar refractivity (Wildman–Crippen MR) is 68.3 cm³/mol. The van der Waals surface area contributed by atoms with Crippen LogP contribution in [-0.2, 0) is 0 Å². The number of alkyl halides is 2. The fraction of sp³-hybridized carbons (Fsp3) is 0.357. The van der Waals surface area contributed by atoms with Crippen molar-refractivity contribution in [1.29, 1.82) is 0 Å². The summed E-state index contributed by atoms with van der Waals surface area (Å²) in [4.78, 5) is 6.12. The average molecular weight is 262 g/mol. The van der Waals surface area contributed by atoms with Crippen molar-refractivity contribution in [3.8, 4) is 12.3 Å². The van der Waals surface area contributed by atoms with Crippen LogP contribution in [-0.4, -0.2) is 24.0 Å². The van der Waals surface area contributed by atoms with E-state index in [4.69, 9.17) is 10.8 Å². The standard InChI is InChI=1S/C14H12F2N2O/c1-2-11-9-10-3-8-19-12(10)13(17-11)18-6-4-14(15,16)5-7-18/h1,3,8-9H,4-7H2. The lowest BCUT2D eigenvalue weighted by Gasteiger charge is -2.32. The van der Waals surface area contributed by atoms with E-state index in [1.165, 1.54) is 0 Å². The maximum Gasteiger partial charge on any atom is 0.251 e. The Hall–Kier alpha value is -2.09. The Morgan fingerprint density at radius 1 is 1.37 bits per heavy atom. The highest BCUT2D eigenvalue weighted by Gasteiger charge is 2.35. The van der Waals surface area contributed by atoms with Crippen LogP contribution in [0.5, 0.6) is 0 Å². The summed E-state index contributed by atoms with van der Waals surface area (Å²) >= 11 is 0. The summed E-state index contributed by atoms with van der Waals surface area (Å²) in [5, 5.41) is 0.843. The number of hydrogen-bond donors (Lipinski definition) is 0. The van der Waals surface area contributed by atoms with E-state index >= 15 is 0 Å². The third-order valence-corrected chi connectivity index (χ3v) is 3.36. The first-order chi connectivity index (χ1) is 9.09. The summed E-state index contributed by atoms with van der Waals surface area (Å²) in [7, 11) is 0. The number of anilines is 1. The zero-order valence-electron chi connectivity index (χ0n) is 10.2. The summed E-state index contributed by atoms with van der Waals surface area (Å²) < 4.78 is 31.8. The number of rotatable bonds is 1. The third-order valence-electron chi connectivity index (χ3n) is 3.36. The van der Waals surface area contributed by atoms with Gasteiger partial charge in [0.25, 0.3) is 5.92 Å². The highest BCUT2D eigenvalue weighted by Crippen LogP contribution is 2.33. The van der Waals surface area contributed by atoms with E-state index in [0.29, 0.717) is 17.1 Å². The minimum Gasteiger partial charge on any atom is -0.460 e. The molecule has 1 aliphatic heterocycles. The van der Waals surface area contributed by atoms with Gasteiger partial charge in [-0.15, -0.1) is 6.42 Å². The molecule has 0 radical (unpaired) electrons. The van der Waals surface area contributed by atoms with Gasteiger partial charge in [-0.3, -0.25) is 0 Å². The molecule has 2 aromatic heterocycles. The highest BCUT2D eigenvalue weighted by molar-refractivity contribution is 5.88. The lowest BCUT2D eigenvalue weighted by atomic mass is 10.1. The van der Waals surface area contributed by atoms with Crippen LogP contribution in [0.3, 0.4) is 0 Å². The Kier molecular flexibility index (Phi) is 2.67.